The number of sulfonamides is 1. The number of carbonyl (C=O) groups is 1. The number of nitrogens with one attached hydrogen (secondary N) is 1. The molecule has 0 bridgehead atoms. The lowest BCUT2D eigenvalue weighted by molar-refractivity contribution is 0.0933. The molecule has 31 heavy (non-hydrogen) atoms. The summed E-state index contributed by atoms with van der Waals surface area (Å²) in [5.74, 6) is 0.736. The molecule has 1 aromatic heterocycles. The number of furan rings is 1. The topological polar surface area (TPSA) is 92.1 Å². The second-order valence-electron chi connectivity index (χ2n) is 7.96. The fourth-order valence-corrected chi connectivity index (χ4v) is 6.02. The van der Waals surface area contributed by atoms with Gasteiger partial charge < -0.3 is 14.5 Å². The molecule has 0 radical (unpaired) electrons. The van der Waals surface area contributed by atoms with E-state index >= 15 is 0 Å². The summed E-state index contributed by atoms with van der Waals surface area (Å²) in [5.41, 5.74) is 0.290. The summed E-state index contributed by atoms with van der Waals surface area (Å²) in [7, 11) is -2.28. The van der Waals surface area contributed by atoms with Crippen LogP contribution < -0.4 is 10.1 Å². The molecule has 3 heterocycles. The zero-order valence-corrected chi connectivity index (χ0v) is 18.6. The van der Waals surface area contributed by atoms with Gasteiger partial charge in [0.25, 0.3) is 5.91 Å². The lowest BCUT2D eigenvalue weighted by atomic mass is 10.1. The number of likely N-dealkylation sites (tertiary alicyclic amines) is 1. The third-order valence-electron chi connectivity index (χ3n) is 6.02. The number of benzene rings is 1. The second-order valence-corrected chi connectivity index (χ2v) is 9.87. The highest BCUT2D eigenvalue weighted by atomic mass is 32.2. The van der Waals surface area contributed by atoms with E-state index in [2.05, 4.69) is 10.2 Å². The Morgan fingerprint density at radius 2 is 1.84 bits per heavy atom. The molecule has 2 aliphatic heterocycles. The van der Waals surface area contributed by atoms with Crippen molar-refractivity contribution in [2.45, 2.75) is 36.6 Å². The van der Waals surface area contributed by atoms with Crippen molar-refractivity contribution in [2.75, 3.05) is 39.8 Å². The molecule has 1 aromatic carbocycles. The van der Waals surface area contributed by atoms with Crippen molar-refractivity contribution in [3.05, 3.63) is 47.9 Å². The Labute approximate surface area is 183 Å². The zero-order chi connectivity index (χ0) is 21.8. The summed E-state index contributed by atoms with van der Waals surface area (Å²) < 4.78 is 38.5. The largest absolute Gasteiger partial charge is 0.495 e. The van der Waals surface area contributed by atoms with E-state index in [1.807, 2.05) is 12.1 Å². The number of methoxy groups -OCH3 is 1. The average molecular weight is 448 g/mol. The summed E-state index contributed by atoms with van der Waals surface area (Å²) in [6.45, 7) is 3.28. The van der Waals surface area contributed by atoms with E-state index in [1.165, 1.54) is 17.5 Å². The van der Waals surface area contributed by atoms with Gasteiger partial charge in [0, 0.05) is 25.2 Å². The van der Waals surface area contributed by atoms with Crippen molar-refractivity contribution in [3.8, 4) is 5.75 Å². The van der Waals surface area contributed by atoms with Crippen molar-refractivity contribution in [3.63, 3.8) is 0 Å². The van der Waals surface area contributed by atoms with E-state index in [-0.39, 0.29) is 28.2 Å². The molecule has 2 aromatic rings. The molecule has 8 nitrogen and oxygen atoms in total. The minimum absolute atomic E-state index is 0.0340. The molecule has 0 unspecified atom stereocenters. The summed E-state index contributed by atoms with van der Waals surface area (Å²) in [6, 6.07) is 8.27. The van der Waals surface area contributed by atoms with E-state index in [1.54, 1.807) is 18.4 Å². The van der Waals surface area contributed by atoms with Crippen LogP contribution in [0.2, 0.25) is 0 Å². The average Bonchev–Trinajstić information content (AvgIpc) is 3.57. The van der Waals surface area contributed by atoms with Gasteiger partial charge >= 0.3 is 0 Å². The van der Waals surface area contributed by atoms with Gasteiger partial charge in [0.05, 0.1) is 19.4 Å². The SMILES string of the molecule is COc1ccc(C(=O)NC[C@H](c2ccco2)N2CCCC2)cc1S(=O)(=O)N1CCCC1. The maximum atomic E-state index is 13.1. The predicted molar refractivity (Wildman–Crippen MR) is 116 cm³/mol. The number of carbonyl (C=O) groups excluding carboxylic acids is 1. The molecule has 9 heteroatoms. The summed E-state index contributed by atoms with van der Waals surface area (Å²) >= 11 is 0. The van der Waals surface area contributed by atoms with Gasteiger partial charge in [-0.05, 0) is 69.1 Å². The fourth-order valence-electron chi connectivity index (χ4n) is 4.32. The molecule has 2 saturated heterocycles. The quantitative estimate of drug-likeness (QED) is 0.669. The standard InChI is InChI=1S/C22H29N3O5S/c1-29-20-9-8-17(15-21(20)31(27,28)25-12-4-5-13-25)22(26)23-16-18(19-7-6-14-30-19)24-10-2-3-11-24/h6-9,14-15,18H,2-5,10-13,16H2,1H3,(H,23,26)/t18-/m1/s1. The Morgan fingerprint density at radius 3 is 2.48 bits per heavy atom. The highest BCUT2D eigenvalue weighted by molar-refractivity contribution is 7.89. The van der Waals surface area contributed by atoms with Gasteiger partial charge in [-0.1, -0.05) is 0 Å². The van der Waals surface area contributed by atoms with Crippen LogP contribution in [0, 0.1) is 0 Å². The van der Waals surface area contributed by atoms with Gasteiger partial charge in [-0.3, -0.25) is 9.69 Å². The third kappa shape index (κ3) is 4.63. The van der Waals surface area contributed by atoms with Crippen LogP contribution in [-0.4, -0.2) is 63.4 Å². The first-order chi connectivity index (χ1) is 15.0. The molecule has 0 saturated carbocycles. The van der Waals surface area contributed by atoms with Gasteiger partial charge in [0.2, 0.25) is 10.0 Å². The molecule has 168 valence electrons. The van der Waals surface area contributed by atoms with Gasteiger partial charge in [-0.2, -0.15) is 4.31 Å². The van der Waals surface area contributed by atoms with Crippen LogP contribution in [0.25, 0.3) is 0 Å². The molecule has 1 N–H and O–H groups in total. The van der Waals surface area contributed by atoms with Crippen LogP contribution in [0.1, 0.15) is 47.8 Å². The minimum Gasteiger partial charge on any atom is -0.495 e. The Morgan fingerprint density at radius 1 is 1.13 bits per heavy atom. The normalized spacial score (nSPS) is 18.9. The summed E-state index contributed by atoms with van der Waals surface area (Å²) in [6.07, 6.45) is 5.57. The first-order valence-corrected chi connectivity index (χ1v) is 12.2. The Hall–Kier alpha value is -2.36. The van der Waals surface area contributed by atoms with E-state index in [0.717, 1.165) is 44.5 Å². The predicted octanol–water partition coefficient (Wildman–Crippen LogP) is 2.64. The molecular weight excluding hydrogens is 418 g/mol. The van der Waals surface area contributed by atoms with Crippen LogP contribution >= 0.6 is 0 Å². The van der Waals surface area contributed by atoms with Crippen molar-refractivity contribution >= 4 is 15.9 Å². The molecular formula is C22H29N3O5S. The number of rotatable bonds is 8. The zero-order valence-electron chi connectivity index (χ0n) is 17.7. The van der Waals surface area contributed by atoms with Crippen LogP contribution in [0.5, 0.6) is 5.75 Å². The molecule has 1 amide bonds. The van der Waals surface area contributed by atoms with Gasteiger partial charge in [0.15, 0.2) is 0 Å². The Balaban J connectivity index is 1.53. The van der Waals surface area contributed by atoms with E-state index in [4.69, 9.17) is 9.15 Å². The van der Waals surface area contributed by atoms with Gasteiger partial charge in [-0.15, -0.1) is 0 Å². The first kappa shape index (κ1) is 21.9. The minimum atomic E-state index is -3.71. The van der Waals surface area contributed by atoms with Crippen LogP contribution in [0.3, 0.4) is 0 Å². The maximum absolute atomic E-state index is 13.1. The van der Waals surface area contributed by atoms with Crippen molar-refractivity contribution in [1.29, 1.82) is 0 Å². The fraction of sp³-hybridized carbons (Fsp3) is 0.500. The number of amides is 1. The highest BCUT2D eigenvalue weighted by Crippen LogP contribution is 2.30. The second kappa shape index (κ2) is 9.42. The molecule has 2 aliphatic rings. The number of ether oxygens (including phenoxy) is 1. The monoisotopic (exact) mass is 447 g/mol. The van der Waals surface area contributed by atoms with Crippen molar-refractivity contribution in [1.82, 2.24) is 14.5 Å². The molecule has 1 atom stereocenters. The Bertz CT molecular complexity index is 994. The molecule has 0 spiro atoms. The first-order valence-electron chi connectivity index (χ1n) is 10.7. The summed E-state index contributed by atoms with van der Waals surface area (Å²) in [5, 5.41) is 2.96. The van der Waals surface area contributed by atoms with Crippen LogP contribution in [0.4, 0.5) is 0 Å². The smallest absolute Gasteiger partial charge is 0.251 e. The maximum Gasteiger partial charge on any atom is 0.251 e. The lowest BCUT2D eigenvalue weighted by Crippen LogP contribution is -2.36. The van der Waals surface area contributed by atoms with Crippen LogP contribution in [-0.2, 0) is 10.0 Å². The van der Waals surface area contributed by atoms with Gasteiger partial charge in [0.1, 0.15) is 16.4 Å². The van der Waals surface area contributed by atoms with E-state index < -0.39 is 10.0 Å². The third-order valence-corrected chi connectivity index (χ3v) is 7.94. The molecule has 0 aliphatic carbocycles. The number of hydrogen-bond acceptors (Lipinski definition) is 6. The summed E-state index contributed by atoms with van der Waals surface area (Å²) in [4.78, 5) is 15.3. The van der Waals surface area contributed by atoms with E-state index in [0.29, 0.717) is 19.6 Å². The Kier molecular flexibility index (Phi) is 6.64. The molecule has 2 fully saturated rings. The highest BCUT2D eigenvalue weighted by Gasteiger charge is 2.31. The lowest BCUT2D eigenvalue weighted by Gasteiger charge is -2.26. The number of nitrogens with zero attached hydrogens (tertiary/aromatic N) is 2. The molecule has 4 rings (SSSR count). The van der Waals surface area contributed by atoms with Gasteiger partial charge in [-0.25, -0.2) is 8.42 Å². The van der Waals surface area contributed by atoms with Crippen LogP contribution in [0.15, 0.2) is 45.9 Å². The van der Waals surface area contributed by atoms with E-state index in [9.17, 15) is 13.2 Å². The van der Waals surface area contributed by atoms with Crippen molar-refractivity contribution in [2.24, 2.45) is 0 Å². The number of hydrogen-bond donors (Lipinski definition) is 1. The van der Waals surface area contributed by atoms with Crippen molar-refractivity contribution < 1.29 is 22.4 Å².